The number of aryl methyl sites for hydroxylation is 1. The minimum absolute atomic E-state index is 0.293. The number of aliphatic hydroxyl groups is 1. The van der Waals surface area contributed by atoms with E-state index < -0.39 is 0 Å². The molecule has 0 bridgehead atoms. The highest BCUT2D eigenvalue weighted by atomic mass is 32.1. The SMILES string of the molecule is CCCc1ccc(C[C@H](C)CO)s1. The van der Waals surface area contributed by atoms with Crippen LogP contribution in [0.2, 0.25) is 0 Å². The molecule has 1 aromatic rings. The summed E-state index contributed by atoms with van der Waals surface area (Å²) in [6, 6.07) is 4.41. The van der Waals surface area contributed by atoms with Crippen LogP contribution in [0, 0.1) is 5.92 Å². The first-order chi connectivity index (χ1) is 6.26. The summed E-state index contributed by atoms with van der Waals surface area (Å²) in [7, 11) is 0. The van der Waals surface area contributed by atoms with Gasteiger partial charge in [0.1, 0.15) is 0 Å². The van der Waals surface area contributed by atoms with Crippen LogP contribution in [-0.2, 0) is 12.8 Å². The summed E-state index contributed by atoms with van der Waals surface area (Å²) in [6.45, 7) is 4.58. The molecule has 2 heteroatoms. The fraction of sp³-hybridized carbons (Fsp3) is 0.636. The van der Waals surface area contributed by atoms with Crippen LogP contribution in [0.4, 0.5) is 0 Å². The van der Waals surface area contributed by atoms with E-state index in [4.69, 9.17) is 5.11 Å². The largest absolute Gasteiger partial charge is 0.396 e. The van der Waals surface area contributed by atoms with Crippen molar-refractivity contribution >= 4 is 11.3 Å². The van der Waals surface area contributed by atoms with Crippen molar-refractivity contribution in [3.63, 3.8) is 0 Å². The van der Waals surface area contributed by atoms with Gasteiger partial charge in [0.05, 0.1) is 0 Å². The molecular formula is C11H18OS. The number of aliphatic hydroxyl groups excluding tert-OH is 1. The first-order valence-electron chi connectivity index (χ1n) is 4.94. The molecule has 1 N–H and O–H groups in total. The summed E-state index contributed by atoms with van der Waals surface area (Å²) in [6.07, 6.45) is 3.43. The molecule has 13 heavy (non-hydrogen) atoms. The smallest absolute Gasteiger partial charge is 0.0460 e. The summed E-state index contributed by atoms with van der Waals surface area (Å²) < 4.78 is 0. The highest BCUT2D eigenvalue weighted by Gasteiger charge is 2.04. The molecule has 0 aliphatic carbocycles. The first-order valence-corrected chi connectivity index (χ1v) is 5.76. The van der Waals surface area contributed by atoms with Crippen molar-refractivity contribution in [2.45, 2.75) is 33.1 Å². The lowest BCUT2D eigenvalue weighted by atomic mass is 10.1. The lowest BCUT2D eigenvalue weighted by molar-refractivity contribution is 0.237. The minimum atomic E-state index is 0.293. The average molecular weight is 198 g/mol. The Bertz CT molecular complexity index is 242. The van der Waals surface area contributed by atoms with E-state index >= 15 is 0 Å². The molecular weight excluding hydrogens is 180 g/mol. The van der Waals surface area contributed by atoms with Gasteiger partial charge in [0.2, 0.25) is 0 Å². The summed E-state index contributed by atoms with van der Waals surface area (Å²) in [4.78, 5) is 2.88. The highest BCUT2D eigenvalue weighted by Crippen LogP contribution is 2.20. The van der Waals surface area contributed by atoms with Crippen LogP contribution in [0.25, 0.3) is 0 Å². The van der Waals surface area contributed by atoms with E-state index in [1.165, 1.54) is 22.6 Å². The fourth-order valence-electron chi connectivity index (χ4n) is 1.32. The second-order valence-electron chi connectivity index (χ2n) is 3.61. The summed E-state index contributed by atoms with van der Waals surface area (Å²) in [5.74, 6) is 0.396. The molecule has 1 atom stereocenters. The van der Waals surface area contributed by atoms with Crippen LogP contribution >= 0.6 is 11.3 Å². The van der Waals surface area contributed by atoms with Crippen LogP contribution in [0.1, 0.15) is 30.0 Å². The zero-order chi connectivity index (χ0) is 9.68. The van der Waals surface area contributed by atoms with Gasteiger partial charge >= 0.3 is 0 Å². The van der Waals surface area contributed by atoms with Crippen molar-refractivity contribution < 1.29 is 5.11 Å². The van der Waals surface area contributed by atoms with E-state index in [0.29, 0.717) is 12.5 Å². The predicted octanol–water partition coefficient (Wildman–Crippen LogP) is 2.87. The molecule has 0 aromatic carbocycles. The van der Waals surface area contributed by atoms with Crippen molar-refractivity contribution in [1.29, 1.82) is 0 Å². The van der Waals surface area contributed by atoms with Gasteiger partial charge in [-0.2, -0.15) is 0 Å². The Balaban J connectivity index is 2.48. The Hall–Kier alpha value is -0.340. The van der Waals surface area contributed by atoms with E-state index in [2.05, 4.69) is 26.0 Å². The van der Waals surface area contributed by atoms with Gasteiger partial charge in [-0.3, -0.25) is 0 Å². The Labute approximate surface area is 84.4 Å². The maximum Gasteiger partial charge on any atom is 0.0460 e. The molecule has 1 nitrogen and oxygen atoms in total. The van der Waals surface area contributed by atoms with Crippen molar-refractivity contribution in [2.75, 3.05) is 6.61 Å². The first kappa shape index (κ1) is 10.7. The predicted molar refractivity (Wildman–Crippen MR) is 58.3 cm³/mol. The Morgan fingerprint density at radius 3 is 2.69 bits per heavy atom. The van der Waals surface area contributed by atoms with E-state index in [0.717, 1.165) is 6.42 Å². The van der Waals surface area contributed by atoms with Crippen molar-refractivity contribution in [3.05, 3.63) is 21.9 Å². The fourth-order valence-corrected chi connectivity index (χ4v) is 2.60. The quantitative estimate of drug-likeness (QED) is 0.771. The monoisotopic (exact) mass is 198 g/mol. The van der Waals surface area contributed by atoms with E-state index in [1.807, 2.05) is 11.3 Å². The molecule has 0 radical (unpaired) electrons. The highest BCUT2D eigenvalue weighted by molar-refractivity contribution is 7.11. The zero-order valence-electron chi connectivity index (χ0n) is 8.42. The summed E-state index contributed by atoms with van der Waals surface area (Å²) in [5.41, 5.74) is 0. The number of rotatable bonds is 5. The second kappa shape index (κ2) is 5.40. The molecule has 1 heterocycles. The van der Waals surface area contributed by atoms with Crippen molar-refractivity contribution in [2.24, 2.45) is 5.92 Å². The maximum atomic E-state index is 8.91. The summed E-state index contributed by atoms with van der Waals surface area (Å²) >= 11 is 1.89. The van der Waals surface area contributed by atoms with Crippen LogP contribution < -0.4 is 0 Å². The van der Waals surface area contributed by atoms with Crippen molar-refractivity contribution in [3.8, 4) is 0 Å². The third-order valence-electron chi connectivity index (χ3n) is 2.08. The van der Waals surface area contributed by atoms with Crippen LogP contribution in [0.15, 0.2) is 12.1 Å². The number of thiophene rings is 1. The lowest BCUT2D eigenvalue weighted by Gasteiger charge is -2.03. The third kappa shape index (κ3) is 3.49. The third-order valence-corrected chi connectivity index (χ3v) is 3.24. The van der Waals surface area contributed by atoms with E-state index in [9.17, 15) is 0 Å². The number of hydrogen-bond donors (Lipinski definition) is 1. The maximum absolute atomic E-state index is 8.91. The van der Waals surface area contributed by atoms with Gasteiger partial charge in [0, 0.05) is 16.4 Å². The summed E-state index contributed by atoms with van der Waals surface area (Å²) in [5, 5.41) is 8.91. The number of hydrogen-bond acceptors (Lipinski definition) is 2. The molecule has 0 saturated carbocycles. The Morgan fingerprint density at radius 1 is 1.38 bits per heavy atom. The van der Waals surface area contributed by atoms with Gasteiger partial charge in [0.15, 0.2) is 0 Å². The minimum Gasteiger partial charge on any atom is -0.396 e. The van der Waals surface area contributed by atoms with Gasteiger partial charge in [-0.15, -0.1) is 11.3 Å². The van der Waals surface area contributed by atoms with E-state index in [1.54, 1.807) is 0 Å². The zero-order valence-corrected chi connectivity index (χ0v) is 9.23. The van der Waals surface area contributed by atoms with Gasteiger partial charge in [-0.1, -0.05) is 20.3 Å². The van der Waals surface area contributed by atoms with Gasteiger partial charge in [-0.25, -0.2) is 0 Å². The van der Waals surface area contributed by atoms with Crippen LogP contribution in [-0.4, -0.2) is 11.7 Å². The van der Waals surface area contributed by atoms with E-state index in [-0.39, 0.29) is 0 Å². The van der Waals surface area contributed by atoms with Gasteiger partial charge in [0.25, 0.3) is 0 Å². The topological polar surface area (TPSA) is 20.2 Å². The molecule has 0 amide bonds. The molecule has 1 aromatic heterocycles. The average Bonchev–Trinajstić information content (AvgIpc) is 2.53. The molecule has 0 saturated heterocycles. The molecule has 74 valence electrons. The van der Waals surface area contributed by atoms with Crippen LogP contribution in [0.3, 0.4) is 0 Å². The van der Waals surface area contributed by atoms with Crippen LogP contribution in [0.5, 0.6) is 0 Å². The van der Waals surface area contributed by atoms with Gasteiger partial charge in [-0.05, 0) is 30.9 Å². The van der Waals surface area contributed by atoms with Gasteiger partial charge < -0.3 is 5.11 Å². The molecule has 0 fully saturated rings. The Morgan fingerprint density at radius 2 is 2.08 bits per heavy atom. The van der Waals surface area contributed by atoms with Crippen molar-refractivity contribution in [1.82, 2.24) is 0 Å². The molecule has 0 spiro atoms. The standard InChI is InChI=1S/C11H18OS/c1-3-4-10-5-6-11(13-10)7-9(2)8-12/h5-6,9,12H,3-4,7-8H2,1-2H3/t9-/m0/s1. The Kier molecular flexibility index (Phi) is 4.46. The molecule has 0 aliphatic heterocycles. The second-order valence-corrected chi connectivity index (χ2v) is 4.86. The molecule has 1 rings (SSSR count). The normalized spacial score (nSPS) is 13.2. The molecule has 0 unspecified atom stereocenters. The molecule has 0 aliphatic rings. The lowest BCUT2D eigenvalue weighted by Crippen LogP contribution is -2.02.